The summed E-state index contributed by atoms with van der Waals surface area (Å²) in [7, 11) is 0. The van der Waals surface area contributed by atoms with E-state index in [2.05, 4.69) is 59.7 Å². The molecule has 0 aliphatic rings. The predicted octanol–water partition coefficient (Wildman–Crippen LogP) is 4.55. The van der Waals surface area contributed by atoms with Gasteiger partial charge in [0.25, 0.3) is 0 Å². The molecule has 2 heteroatoms. The summed E-state index contributed by atoms with van der Waals surface area (Å²) in [5, 5.41) is 0.448. The Kier molecular flexibility index (Phi) is 5.30. The van der Waals surface area contributed by atoms with Crippen LogP contribution in [0.25, 0.3) is 0 Å². The second-order valence-corrected chi connectivity index (χ2v) is 7.43. The maximum atomic E-state index is 6.31. The third-order valence-electron chi connectivity index (χ3n) is 3.30. The molecule has 0 bridgehead atoms. The SMILES string of the molecule is CCC(N)C(Sc1ccc(C)cc1C)C(C)(C)C. The van der Waals surface area contributed by atoms with E-state index < -0.39 is 0 Å². The molecule has 0 saturated carbocycles. The van der Waals surface area contributed by atoms with Crippen molar-refractivity contribution in [3.63, 3.8) is 0 Å². The third kappa shape index (κ3) is 4.03. The fraction of sp³-hybridized carbons (Fsp3) is 0.625. The van der Waals surface area contributed by atoms with Gasteiger partial charge in [-0.15, -0.1) is 11.8 Å². The molecule has 2 unspecified atom stereocenters. The zero-order valence-corrected chi connectivity index (χ0v) is 13.4. The lowest BCUT2D eigenvalue weighted by Gasteiger charge is -2.34. The molecule has 0 aliphatic carbocycles. The monoisotopic (exact) mass is 265 g/mol. The molecule has 2 atom stereocenters. The van der Waals surface area contributed by atoms with Gasteiger partial charge >= 0.3 is 0 Å². The van der Waals surface area contributed by atoms with Gasteiger partial charge < -0.3 is 5.73 Å². The summed E-state index contributed by atoms with van der Waals surface area (Å²) in [6.45, 7) is 13.3. The minimum absolute atomic E-state index is 0.220. The predicted molar refractivity (Wildman–Crippen MR) is 83.3 cm³/mol. The van der Waals surface area contributed by atoms with Crippen molar-refractivity contribution >= 4 is 11.8 Å². The Morgan fingerprint density at radius 2 is 1.83 bits per heavy atom. The fourth-order valence-corrected chi connectivity index (χ4v) is 3.57. The van der Waals surface area contributed by atoms with Gasteiger partial charge in [-0.3, -0.25) is 0 Å². The van der Waals surface area contributed by atoms with Gasteiger partial charge in [0.15, 0.2) is 0 Å². The normalized spacial score (nSPS) is 15.5. The van der Waals surface area contributed by atoms with E-state index >= 15 is 0 Å². The zero-order chi connectivity index (χ0) is 13.9. The first kappa shape index (κ1) is 15.6. The Labute approximate surface area is 117 Å². The Bertz CT molecular complexity index is 393. The highest BCUT2D eigenvalue weighted by atomic mass is 32.2. The molecular formula is C16H27NS. The Hall–Kier alpha value is -0.470. The van der Waals surface area contributed by atoms with Gasteiger partial charge in [0, 0.05) is 16.2 Å². The van der Waals surface area contributed by atoms with Crippen LogP contribution in [-0.2, 0) is 0 Å². The van der Waals surface area contributed by atoms with Crippen LogP contribution in [0.1, 0.15) is 45.2 Å². The molecule has 1 nitrogen and oxygen atoms in total. The molecule has 0 radical (unpaired) electrons. The second-order valence-electron chi connectivity index (χ2n) is 6.25. The van der Waals surface area contributed by atoms with E-state index in [1.165, 1.54) is 16.0 Å². The smallest absolute Gasteiger partial charge is 0.0294 e. The van der Waals surface area contributed by atoms with Crippen LogP contribution in [-0.4, -0.2) is 11.3 Å². The van der Waals surface area contributed by atoms with Crippen molar-refractivity contribution in [3.05, 3.63) is 29.3 Å². The van der Waals surface area contributed by atoms with Crippen molar-refractivity contribution in [2.45, 2.75) is 64.2 Å². The fourth-order valence-electron chi connectivity index (χ4n) is 2.19. The van der Waals surface area contributed by atoms with Crippen LogP contribution in [0.4, 0.5) is 0 Å². The number of hydrogen-bond acceptors (Lipinski definition) is 2. The average molecular weight is 265 g/mol. The molecule has 0 heterocycles. The Morgan fingerprint density at radius 3 is 2.28 bits per heavy atom. The van der Waals surface area contributed by atoms with E-state index in [9.17, 15) is 0 Å². The maximum absolute atomic E-state index is 6.31. The van der Waals surface area contributed by atoms with E-state index in [1.807, 2.05) is 11.8 Å². The average Bonchev–Trinajstić information content (AvgIpc) is 2.25. The van der Waals surface area contributed by atoms with Gasteiger partial charge in [-0.2, -0.15) is 0 Å². The second kappa shape index (κ2) is 6.12. The molecule has 0 spiro atoms. The summed E-state index contributed by atoms with van der Waals surface area (Å²) in [6, 6.07) is 6.92. The van der Waals surface area contributed by atoms with Gasteiger partial charge in [-0.25, -0.2) is 0 Å². The maximum Gasteiger partial charge on any atom is 0.0294 e. The van der Waals surface area contributed by atoms with Crippen LogP contribution in [0, 0.1) is 19.3 Å². The highest BCUT2D eigenvalue weighted by Gasteiger charge is 2.30. The van der Waals surface area contributed by atoms with E-state index in [1.54, 1.807) is 0 Å². The zero-order valence-electron chi connectivity index (χ0n) is 12.6. The molecule has 0 amide bonds. The molecule has 1 aromatic carbocycles. The summed E-state index contributed by atoms with van der Waals surface area (Å²) in [6.07, 6.45) is 1.03. The van der Waals surface area contributed by atoms with Crippen LogP contribution in [0.5, 0.6) is 0 Å². The van der Waals surface area contributed by atoms with Crippen LogP contribution < -0.4 is 5.73 Å². The molecule has 1 rings (SSSR count). The van der Waals surface area contributed by atoms with Crippen molar-refractivity contribution in [1.29, 1.82) is 0 Å². The number of hydrogen-bond donors (Lipinski definition) is 1. The summed E-state index contributed by atoms with van der Waals surface area (Å²) >= 11 is 1.94. The lowest BCUT2D eigenvalue weighted by Crippen LogP contribution is -2.40. The van der Waals surface area contributed by atoms with Crippen molar-refractivity contribution in [3.8, 4) is 0 Å². The van der Waals surface area contributed by atoms with Gasteiger partial charge in [0.1, 0.15) is 0 Å². The quantitative estimate of drug-likeness (QED) is 0.808. The van der Waals surface area contributed by atoms with Gasteiger partial charge in [-0.1, -0.05) is 45.4 Å². The highest BCUT2D eigenvalue weighted by molar-refractivity contribution is 8.00. The molecule has 102 valence electrons. The largest absolute Gasteiger partial charge is 0.327 e. The first-order valence-electron chi connectivity index (χ1n) is 6.75. The van der Waals surface area contributed by atoms with Crippen LogP contribution in [0.3, 0.4) is 0 Å². The minimum Gasteiger partial charge on any atom is -0.327 e. The van der Waals surface area contributed by atoms with Gasteiger partial charge in [0.2, 0.25) is 0 Å². The van der Waals surface area contributed by atoms with Crippen molar-refractivity contribution < 1.29 is 0 Å². The molecule has 0 saturated heterocycles. The Morgan fingerprint density at radius 1 is 1.22 bits per heavy atom. The summed E-state index contributed by atoms with van der Waals surface area (Å²) in [4.78, 5) is 1.37. The third-order valence-corrected chi connectivity index (χ3v) is 5.32. The topological polar surface area (TPSA) is 26.0 Å². The minimum atomic E-state index is 0.220. The summed E-state index contributed by atoms with van der Waals surface area (Å²) < 4.78 is 0. The number of benzene rings is 1. The van der Waals surface area contributed by atoms with Crippen molar-refractivity contribution in [2.24, 2.45) is 11.1 Å². The van der Waals surface area contributed by atoms with Crippen LogP contribution in [0.15, 0.2) is 23.1 Å². The molecule has 0 fully saturated rings. The molecule has 18 heavy (non-hydrogen) atoms. The van der Waals surface area contributed by atoms with Crippen molar-refractivity contribution in [2.75, 3.05) is 0 Å². The van der Waals surface area contributed by atoms with E-state index in [0.717, 1.165) is 6.42 Å². The van der Waals surface area contributed by atoms with E-state index in [-0.39, 0.29) is 11.5 Å². The molecule has 0 aliphatic heterocycles. The van der Waals surface area contributed by atoms with Crippen LogP contribution in [0.2, 0.25) is 0 Å². The lowest BCUT2D eigenvalue weighted by atomic mass is 9.87. The Balaban J connectivity index is 2.96. The standard InChI is InChI=1S/C16H27NS/c1-7-13(17)15(16(4,5)6)18-14-9-8-11(2)10-12(14)3/h8-10,13,15H,7,17H2,1-6H3. The highest BCUT2D eigenvalue weighted by Crippen LogP contribution is 2.39. The van der Waals surface area contributed by atoms with E-state index in [4.69, 9.17) is 5.73 Å². The van der Waals surface area contributed by atoms with Crippen LogP contribution >= 0.6 is 11.8 Å². The number of rotatable bonds is 4. The molecule has 2 N–H and O–H groups in total. The number of aryl methyl sites for hydroxylation is 2. The van der Waals surface area contributed by atoms with E-state index in [0.29, 0.717) is 5.25 Å². The van der Waals surface area contributed by atoms with Gasteiger partial charge in [-0.05, 0) is 37.3 Å². The summed E-state index contributed by atoms with van der Waals surface area (Å²) in [5.74, 6) is 0. The molecule has 1 aromatic rings. The first-order valence-corrected chi connectivity index (χ1v) is 7.63. The number of thioether (sulfide) groups is 1. The summed E-state index contributed by atoms with van der Waals surface area (Å²) in [5.41, 5.74) is 9.21. The van der Waals surface area contributed by atoms with Crippen molar-refractivity contribution in [1.82, 2.24) is 0 Å². The first-order chi connectivity index (χ1) is 8.25. The molecular weight excluding hydrogens is 238 g/mol. The lowest BCUT2D eigenvalue weighted by molar-refractivity contribution is 0.350. The van der Waals surface area contributed by atoms with Gasteiger partial charge in [0.05, 0.1) is 0 Å². The molecule has 0 aromatic heterocycles. The number of nitrogens with two attached hydrogens (primary N) is 1.